The van der Waals surface area contributed by atoms with Gasteiger partial charge in [-0.05, 0) is 26.8 Å². The van der Waals surface area contributed by atoms with Gasteiger partial charge >= 0.3 is 0 Å². The van der Waals surface area contributed by atoms with E-state index in [1.807, 2.05) is 26.8 Å². The zero-order valence-electron chi connectivity index (χ0n) is 11.7. The van der Waals surface area contributed by atoms with Gasteiger partial charge in [0.05, 0.1) is 6.61 Å². The van der Waals surface area contributed by atoms with Gasteiger partial charge in [0.1, 0.15) is 11.5 Å². The van der Waals surface area contributed by atoms with Crippen molar-refractivity contribution in [2.24, 2.45) is 4.99 Å². The van der Waals surface area contributed by atoms with Crippen LogP contribution in [0.15, 0.2) is 15.5 Å². The molecule has 0 saturated carbocycles. The van der Waals surface area contributed by atoms with Crippen LogP contribution in [0, 0.1) is 13.8 Å². The number of furan rings is 1. The molecule has 0 saturated heterocycles. The van der Waals surface area contributed by atoms with E-state index in [4.69, 9.17) is 9.15 Å². The van der Waals surface area contributed by atoms with E-state index in [1.54, 1.807) is 7.05 Å². The van der Waals surface area contributed by atoms with Crippen LogP contribution in [0.1, 0.15) is 24.0 Å². The first-order chi connectivity index (χ1) is 8.67. The van der Waals surface area contributed by atoms with Crippen LogP contribution in [0.25, 0.3) is 0 Å². The van der Waals surface area contributed by atoms with Crippen molar-refractivity contribution in [3.63, 3.8) is 0 Å². The number of nitrogens with zero attached hydrogens (tertiary/aromatic N) is 1. The highest BCUT2D eigenvalue weighted by Crippen LogP contribution is 2.12. The molecule has 0 unspecified atom stereocenters. The van der Waals surface area contributed by atoms with E-state index in [0.717, 1.165) is 36.2 Å². The number of nitrogens with one attached hydrogen (secondary N) is 2. The van der Waals surface area contributed by atoms with E-state index in [1.165, 1.54) is 0 Å². The molecule has 102 valence electrons. The zero-order chi connectivity index (χ0) is 13.4. The molecule has 18 heavy (non-hydrogen) atoms. The third kappa shape index (κ3) is 4.79. The summed E-state index contributed by atoms with van der Waals surface area (Å²) >= 11 is 0. The van der Waals surface area contributed by atoms with Gasteiger partial charge < -0.3 is 19.8 Å². The Morgan fingerprint density at radius 3 is 2.72 bits per heavy atom. The average Bonchev–Trinajstić information content (AvgIpc) is 2.67. The lowest BCUT2D eigenvalue weighted by molar-refractivity contribution is 0.152. The lowest BCUT2D eigenvalue weighted by Crippen LogP contribution is -2.38. The van der Waals surface area contributed by atoms with E-state index in [2.05, 4.69) is 15.6 Å². The van der Waals surface area contributed by atoms with Crippen molar-refractivity contribution in [3.05, 3.63) is 23.2 Å². The summed E-state index contributed by atoms with van der Waals surface area (Å²) in [6, 6.07) is 2.04. The normalized spacial score (nSPS) is 11.7. The molecule has 1 rings (SSSR count). The summed E-state index contributed by atoms with van der Waals surface area (Å²) in [6.07, 6.45) is 0. The standard InChI is InChI=1S/C13H23N3O2/c1-5-17-7-6-15-13(14-4)16-9-12-8-10(2)18-11(12)3/h8H,5-7,9H2,1-4H3,(H2,14,15,16). The summed E-state index contributed by atoms with van der Waals surface area (Å²) < 4.78 is 10.7. The highest BCUT2D eigenvalue weighted by Gasteiger charge is 2.05. The van der Waals surface area contributed by atoms with Crippen LogP contribution in [0.4, 0.5) is 0 Å². The lowest BCUT2D eigenvalue weighted by atomic mass is 10.2. The van der Waals surface area contributed by atoms with Crippen LogP contribution in [0.3, 0.4) is 0 Å². The largest absolute Gasteiger partial charge is 0.466 e. The minimum atomic E-state index is 0.682. The fourth-order valence-corrected chi connectivity index (χ4v) is 1.64. The highest BCUT2D eigenvalue weighted by molar-refractivity contribution is 5.79. The van der Waals surface area contributed by atoms with Crippen LogP contribution in [0.2, 0.25) is 0 Å². The minimum absolute atomic E-state index is 0.682. The average molecular weight is 253 g/mol. The van der Waals surface area contributed by atoms with Crippen LogP contribution in [0.5, 0.6) is 0 Å². The SMILES string of the molecule is CCOCCNC(=NC)NCc1cc(C)oc1C. The number of aryl methyl sites for hydroxylation is 2. The lowest BCUT2D eigenvalue weighted by Gasteiger charge is -2.11. The second-order valence-corrected chi connectivity index (χ2v) is 3.99. The Morgan fingerprint density at radius 1 is 1.39 bits per heavy atom. The maximum atomic E-state index is 5.47. The van der Waals surface area contributed by atoms with Crippen LogP contribution >= 0.6 is 0 Å². The Kier molecular flexibility index (Phi) is 6.28. The number of rotatable bonds is 6. The first-order valence-electron chi connectivity index (χ1n) is 6.25. The number of hydrogen-bond acceptors (Lipinski definition) is 3. The Labute approximate surface area is 109 Å². The summed E-state index contributed by atoms with van der Waals surface area (Å²) in [5.74, 6) is 2.65. The molecular weight excluding hydrogens is 230 g/mol. The van der Waals surface area contributed by atoms with Crippen molar-refractivity contribution in [2.75, 3.05) is 26.8 Å². The topological polar surface area (TPSA) is 58.8 Å². The Bertz CT molecular complexity index is 386. The smallest absolute Gasteiger partial charge is 0.191 e. The predicted molar refractivity (Wildman–Crippen MR) is 72.9 cm³/mol. The van der Waals surface area contributed by atoms with Crippen molar-refractivity contribution in [1.29, 1.82) is 0 Å². The van der Waals surface area contributed by atoms with Gasteiger partial charge in [0.25, 0.3) is 0 Å². The Morgan fingerprint density at radius 2 is 2.17 bits per heavy atom. The van der Waals surface area contributed by atoms with Gasteiger partial charge in [-0.25, -0.2) is 0 Å². The summed E-state index contributed by atoms with van der Waals surface area (Å²) in [5, 5.41) is 6.42. The fraction of sp³-hybridized carbons (Fsp3) is 0.615. The molecule has 0 aliphatic rings. The van der Waals surface area contributed by atoms with Crippen molar-refractivity contribution in [1.82, 2.24) is 10.6 Å². The molecule has 5 nitrogen and oxygen atoms in total. The summed E-state index contributed by atoms with van der Waals surface area (Å²) in [4.78, 5) is 4.15. The molecule has 1 aromatic rings. The predicted octanol–water partition coefficient (Wildman–Crippen LogP) is 1.60. The van der Waals surface area contributed by atoms with Gasteiger partial charge in [-0.1, -0.05) is 0 Å². The van der Waals surface area contributed by atoms with Crippen LogP contribution < -0.4 is 10.6 Å². The van der Waals surface area contributed by atoms with Crippen molar-refractivity contribution >= 4 is 5.96 Å². The molecule has 0 radical (unpaired) electrons. The van der Waals surface area contributed by atoms with E-state index in [0.29, 0.717) is 13.2 Å². The molecule has 0 bridgehead atoms. The molecule has 1 heterocycles. The zero-order valence-corrected chi connectivity index (χ0v) is 11.7. The van der Waals surface area contributed by atoms with Gasteiger partial charge in [-0.2, -0.15) is 0 Å². The van der Waals surface area contributed by atoms with E-state index < -0.39 is 0 Å². The van der Waals surface area contributed by atoms with Gasteiger partial charge in [0, 0.05) is 32.3 Å². The van der Waals surface area contributed by atoms with Crippen molar-refractivity contribution in [3.8, 4) is 0 Å². The number of aliphatic imine (C=N–C) groups is 1. The maximum Gasteiger partial charge on any atom is 0.191 e. The summed E-state index contributed by atoms with van der Waals surface area (Å²) in [6.45, 7) is 8.77. The number of hydrogen-bond donors (Lipinski definition) is 2. The highest BCUT2D eigenvalue weighted by atomic mass is 16.5. The molecule has 0 fully saturated rings. The number of ether oxygens (including phenoxy) is 1. The van der Waals surface area contributed by atoms with E-state index in [9.17, 15) is 0 Å². The molecule has 0 aliphatic heterocycles. The fourth-order valence-electron chi connectivity index (χ4n) is 1.64. The maximum absolute atomic E-state index is 5.47. The minimum Gasteiger partial charge on any atom is -0.466 e. The van der Waals surface area contributed by atoms with Gasteiger partial charge in [0.2, 0.25) is 0 Å². The molecule has 1 aromatic heterocycles. The number of guanidine groups is 1. The first kappa shape index (κ1) is 14.6. The molecule has 5 heteroatoms. The second-order valence-electron chi connectivity index (χ2n) is 3.99. The van der Waals surface area contributed by atoms with Gasteiger partial charge in [0.15, 0.2) is 5.96 Å². The third-order valence-electron chi connectivity index (χ3n) is 2.56. The summed E-state index contributed by atoms with van der Waals surface area (Å²) in [5.41, 5.74) is 1.15. The third-order valence-corrected chi connectivity index (χ3v) is 2.56. The van der Waals surface area contributed by atoms with Crippen molar-refractivity contribution in [2.45, 2.75) is 27.3 Å². The monoisotopic (exact) mass is 253 g/mol. The van der Waals surface area contributed by atoms with Crippen molar-refractivity contribution < 1.29 is 9.15 Å². The molecule has 2 N–H and O–H groups in total. The Hall–Kier alpha value is -1.49. The Balaban J connectivity index is 2.33. The summed E-state index contributed by atoms with van der Waals surface area (Å²) in [7, 11) is 1.75. The quantitative estimate of drug-likeness (QED) is 0.459. The molecule has 0 spiro atoms. The second kappa shape index (κ2) is 7.76. The van der Waals surface area contributed by atoms with E-state index in [-0.39, 0.29) is 0 Å². The molecule has 0 aromatic carbocycles. The molecule has 0 amide bonds. The first-order valence-corrected chi connectivity index (χ1v) is 6.25. The van der Waals surface area contributed by atoms with Crippen LogP contribution in [-0.4, -0.2) is 32.8 Å². The molecular formula is C13H23N3O2. The molecule has 0 aliphatic carbocycles. The van der Waals surface area contributed by atoms with Gasteiger partial charge in [-0.3, -0.25) is 4.99 Å². The van der Waals surface area contributed by atoms with Gasteiger partial charge in [-0.15, -0.1) is 0 Å². The molecule has 0 atom stereocenters. The van der Waals surface area contributed by atoms with Crippen LogP contribution in [-0.2, 0) is 11.3 Å². The van der Waals surface area contributed by atoms with E-state index >= 15 is 0 Å².